The van der Waals surface area contributed by atoms with Crippen molar-refractivity contribution in [2.24, 2.45) is 11.8 Å². The van der Waals surface area contributed by atoms with Gasteiger partial charge >= 0.3 is 53.4 Å². The first-order chi connectivity index (χ1) is 43.4. The van der Waals surface area contributed by atoms with Crippen LogP contribution in [0.3, 0.4) is 0 Å². The van der Waals surface area contributed by atoms with Crippen molar-refractivity contribution < 1.29 is 78.6 Å². The average molecular weight is 1250 g/mol. The Morgan fingerprint density at radius 3 is 1.59 bits per heavy atom. The molecule has 3 aliphatic rings. The smallest absolute Gasteiger partial charge is 0.870 e. The van der Waals surface area contributed by atoms with E-state index < -0.39 is 5.97 Å². The van der Waals surface area contributed by atoms with Gasteiger partial charge in [0.15, 0.2) is 5.65 Å². The minimum Gasteiger partial charge on any atom is -0.870 e. The van der Waals surface area contributed by atoms with Crippen LogP contribution in [0.4, 0.5) is 0 Å². The molecule has 2 atom stereocenters. The molecule has 2 unspecified atom stereocenters. The summed E-state index contributed by atoms with van der Waals surface area (Å²) in [6.45, 7) is 8.49. The van der Waals surface area contributed by atoms with Gasteiger partial charge in [-0.25, -0.2) is 29.1 Å². The van der Waals surface area contributed by atoms with Crippen LogP contribution in [0.1, 0.15) is 176 Å². The quantitative estimate of drug-likeness (QED) is 0.0265. The summed E-state index contributed by atoms with van der Waals surface area (Å²) in [7, 11) is 0. The molecule has 9 aromatic rings. The Kier molecular flexibility index (Phi) is 29.8. The number of carboxylic acids is 1. The van der Waals surface area contributed by atoms with E-state index in [1.165, 1.54) is 71.4 Å². The Hall–Kier alpha value is -8.33. The zero-order valence-corrected chi connectivity index (χ0v) is 55.0. The maximum absolute atomic E-state index is 11.6. The minimum atomic E-state index is -0.896. The van der Waals surface area contributed by atoms with E-state index in [1.807, 2.05) is 99.3 Å². The molecule has 474 valence electrons. The molecule has 19 nitrogen and oxygen atoms in total. The van der Waals surface area contributed by atoms with Gasteiger partial charge in [-0.15, -0.1) is 0 Å². The molecule has 91 heavy (non-hydrogen) atoms. The summed E-state index contributed by atoms with van der Waals surface area (Å²) in [6, 6.07) is 27.8. The van der Waals surface area contributed by atoms with Crippen LogP contribution in [-0.4, -0.2) is 111 Å². The van der Waals surface area contributed by atoms with Gasteiger partial charge in [0.25, 0.3) is 0 Å². The maximum Gasteiger partial charge on any atom is 1.00 e. The van der Waals surface area contributed by atoms with E-state index in [0.29, 0.717) is 54.4 Å². The third-order valence-corrected chi connectivity index (χ3v) is 15.7. The van der Waals surface area contributed by atoms with E-state index in [2.05, 4.69) is 64.1 Å². The number of aromatic carboxylic acids is 1. The summed E-state index contributed by atoms with van der Waals surface area (Å²) in [4.78, 5) is 79.8. The van der Waals surface area contributed by atoms with E-state index >= 15 is 0 Å². The number of carboxylic acid groups (broad SMARTS) is 1. The zero-order chi connectivity index (χ0) is 62.7. The van der Waals surface area contributed by atoms with Crippen LogP contribution in [0.25, 0.3) is 23.2 Å². The van der Waals surface area contributed by atoms with Crippen molar-refractivity contribution in [3.63, 3.8) is 0 Å². The number of ether oxygens (including phenoxy) is 3. The van der Waals surface area contributed by atoms with Crippen molar-refractivity contribution in [1.29, 1.82) is 0 Å². The summed E-state index contributed by atoms with van der Waals surface area (Å²) in [5.41, 5.74) is 16.7. The molecule has 0 aliphatic heterocycles. The second-order valence-corrected chi connectivity index (χ2v) is 22.1. The molecule has 20 heteroatoms. The fourth-order valence-electron chi connectivity index (χ4n) is 11.1. The molecule has 7 N–H and O–H groups in total. The van der Waals surface area contributed by atoms with E-state index in [1.54, 1.807) is 44.6 Å². The van der Waals surface area contributed by atoms with Crippen LogP contribution in [0.15, 0.2) is 128 Å². The van der Waals surface area contributed by atoms with Gasteiger partial charge in [0, 0.05) is 78.1 Å². The number of esters is 3. The fourth-order valence-corrected chi connectivity index (χ4v) is 11.1. The number of rotatable bonds is 18. The summed E-state index contributed by atoms with van der Waals surface area (Å²) in [5, 5.41) is 17.5. The van der Waals surface area contributed by atoms with Gasteiger partial charge in [0.05, 0.1) is 25.5 Å². The molecule has 0 amide bonds. The van der Waals surface area contributed by atoms with Crippen molar-refractivity contribution in [2.45, 2.75) is 130 Å². The van der Waals surface area contributed by atoms with E-state index in [0.717, 1.165) is 104 Å². The second kappa shape index (κ2) is 37.7. The average Bonchev–Trinajstić information content (AvgIpc) is 3.08. The molecule has 0 bridgehead atoms. The number of nitrogens with zero attached hydrogens (tertiary/aromatic N) is 5. The molecular weight excluding hydrogens is 1160 g/mol. The van der Waals surface area contributed by atoms with Crippen LogP contribution in [0.5, 0.6) is 0 Å². The predicted octanol–water partition coefficient (Wildman–Crippen LogP) is 9.55. The van der Waals surface area contributed by atoms with Gasteiger partial charge in [-0.2, -0.15) is 0 Å². The number of aliphatic hydroxyl groups excluding tert-OH is 1. The van der Waals surface area contributed by atoms with E-state index in [9.17, 15) is 19.2 Å². The van der Waals surface area contributed by atoms with Crippen molar-refractivity contribution in [3.8, 4) is 0 Å². The second-order valence-electron chi connectivity index (χ2n) is 22.1. The number of carbonyl (C=O) groups excluding carboxylic acids is 3. The Labute approximate surface area is 554 Å². The van der Waals surface area contributed by atoms with Crippen molar-refractivity contribution >= 4 is 47.1 Å². The number of hydrogen-bond donors (Lipinski definition) is 6. The number of pyridine rings is 5. The topological polar surface area (TPSA) is 294 Å². The molecule has 0 aromatic carbocycles. The first kappa shape index (κ1) is 71.7. The molecule has 9 aromatic heterocycles. The van der Waals surface area contributed by atoms with Gasteiger partial charge < -0.3 is 49.8 Å². The van der Waals surface area contributed by atoms with Gasteiger partial charge in [0.2, 0.25) is 0 Å². The third-order valence-electron chi connectivity index (χ3n) is 15.7. The van der Waals surface area contributed by atoms with Crippen LogP contribution in [0.2, 0.25) is 0 Å². The van der Waals surface area contributed by atoms with Gasteiger partial charge in [-0.05, 0) is 254 Å². The Morgan fingerprint density at radius 2 is 1.03 bits per heavy atom. The van der Waals surface area contributed by atoms with Crippen LogP contribution < -0.4 is 29.6 Å². The first-order valence-electron chi connectivity index (χ1n) is 31.2. The first-order valence-corrected chi connectivity index (χ1v) is 31.2. The molecule has 0 saturated heterocycles. The normalized spacial score (nSPS) is 14.2. The molecular formula is C71H84N9NaO10. The molecule has 3 aliphatic carbocycles. The summed E-state index contributed by atoms with van der Waals surface area (Å²) in [6.07, 6.45) is 34.1. The number of hydrogen-bond acceptors (Lipinski definition) is 14. The van der Waals surface area contributed by atoms with Gasteiger partial charge in [0.1, 0.15) is 22.8 Å². The standard InChI is InChI=1S/2C18H22N2O2.C17H15N3O2.C16H18N2O2.C2H6O.Na.H2O/c1-2-22-18(21)17-11-14(12-20-17)6-5-13-7-8-15-4-3-9-19-16(15)10-13;1-2-22-18(21)17-11-13(12-19-17)7-9-15-10-8-14-5-3-4-6-16(14)20-15;1-2-22-17(21)15-10-12(11-19-15)5-7-14-8-6-13-4-3-9-18-16(13)20-14;19-16(20)15-9-12(10-18-15)4-3-11-5-6-13-2-1-7-17-14(13)8-11;1-2-3;;/h3-4,9,11-13,20H,2,5-8,10H2,1H3;8,10-12,19H,2-7,9H2,1H3;3-11,19H,2H2,1H3;1-2,7,9-11,18H,3-6,8H2,(H,19,20);3H,2H2,1H3;;1H2/q;;;;;+1;/p-1/b;;7-5+;;;;. The van der Waals surface area contributed by atoms with Crippen molar-refractivity contribution in [3.05, 3.63) is 218 Å². The van der Waals surface area contributed by atoms with E-state index in [-0.39, 0.29) is 65.2 Å². The van der Waals surface area contributed by atoms with Crippen LogP contribution in [0, 0.1) is 11.8 Å². The molecule has 0 spiro atoms. The van der Waals surface area contributed by atoms with Gasteiger partial charge in [-0.1, -0.05) is 24.3 Å². The van der Waals surface area contributed by atoms with Gasteiger partial charge in [-0.3, -0.25) is 15.0 Å². The summed E-state index contributed by atoms with van der Waals surface area (Å²) in [5.74, 6) is -0.476. The summed E-state index contributed by atoms with van der Waals surface area (Å²) < 4.78 is 14.9. The Morgan fingerprint density at radius 1 is 0.538 bits per heavy atom. The largest absolute Gasteiger partial charge is 1.00 e. The molecule has 0 radical (unpaired) electrons. The molecule has 0 saturated carbocycles. The number of fused-ring (bicyclic) bond motifs is 4. The van der Waals surface area contributed by atoms with Crippen LogP contribution >= 0.6 is 0 Å². The monoisotopic (exact) mass is 1250 g/mol. The summed E-state index contributed by atoms with van der Waals surface area (Å²) >= 11 is 0. The number of aliphatic hydroxyl groups is 1. The number of aryl methyl sites for hydroxylation is 8. The minimum absolute atomic E-state index is 0. The fraction of sp³-hybridized carbons (Fsp3) is 0.366. The number of carbonyl (C=O) groups is 4. The predicted molar refractivity (Wildman–Crippen MR) is 346 cm³/mol. The number of H-pyrrole nitrogens is 4. The van der Waals surface area contributed by atoms with Crippen molar-refractivity contribution in [1.82, 2.24) is 44.9 Å². The van der Waals surface area contributed by atoms with E-state index in [4.69, 9.17) is 29.4 Å². The maximum atomic E-state index is 11.6. The Balaban J connectivity index is 0.000000189. The third kappa shape index (κ3) is 22.2. The number of aromatic nitrogens is 9. The molecule has 9 heterocycles. The van der Waals surface area contributed by atoms with Crippen LogP contribution in [-0.2, 0) is 78.4 Å². The zero-order valence-electron chi connectivity index (χ0n) is 53.0. The number of aromatic amines is 4. The Bertz CT molecular complexity index is 3760. The number of nitrogens with one attached hydrogen (secondary N) is 4. The van der Waals surface area contributed by atoms with Crippen molar-refractivity contribution in [2.75, 3.05) is 26.4 Å². The SMILES string of the molecule is CCO.CCOC(=O)c1cc(/C=C/c2ccc3cccnc3n2)c[nH]1.CCOC(=O)c1cc(CCC2CCc3cccnc3C2)c[nH]1.CCOC(=O)c1cc(CCc2ccc3c(n2)CCCC3)c[nH]1.O=C(O)c1cc(CCC2CCc3cccnc3C2)c[nH]1.[Na+].[OH-]. The molecule has 12 rings (SSSR count). The molecule has 0 fully saturated rings.